The summed E-state index contributed by atoms with van der Waals surface area (Å²) in [5, 5.41) is 15.6. The fraction of sp³-hybridized carbons (Fsp3) is 0.688. The van der Waals surface area contributed by atoms with E-state index < -0.39 is 6.10 Å². The van der Waals surface area contributed by atoms with E-state index in [1.807, 2.05) is 6.92 Å². The predicted molar refractivity (Wildman–Crippen MR) is 83.0 cm³/mol. The Bertz CT molecular complexity index is 334. The van der Waals surface area contributed by atoms with Gasteiger partial charge in [0, 0.05) is 18.7 Å². The van der Waals surface area contributed by atoms with Gasteiger partial charge in [0.15, 0.2) is 0 Å². The van der Waals surface area contributed by atoms with Crippen LogP contribution in [0.15, 0.2) is 12.3 Å². The lowest BCUT2D eigenvalue weighted by atomic mass is 10.1. The molecule has 4 heteroatoms. The third kappa shape index (κ3) is 8.60. The number of hydrogen-bond donors (Lipinski definition) is 3. The number of terminal acetylenes is 1. The molecule has 1 unspecified atom stereocenters. The molecule has 0 aliphatic carbocycles. The molecule has 0 aliphatic heterocycles. The van der Waals surface area contributed by atoms with Gasteiger partial charge in [0.25, 0.3) is 0 Å². The van der Waals surface area contributed by atoms with Gasteiger partial charge in [-0.3, -0.25) is 4.79 Å². The lowest BCUT2D eigenvalue weighted by Crippen LogP contribution is -2.45. The first-order chi connectivity index (χ1) is 9.54. The molecule has 0 saturated heterocycles. The van der Waals surface area contributed by atoms with Gasteiger partial charge in [-0.05, 0) is 19.3 Å². The number of aliphatic hydroxyl groups is 1. The number of aliphatic hydroxyl groups excluding tert-OH is 1. The highest BCUT2D eigenvalue weighted by Gasteiger charge is 2.18. The van der Waals surface area contributed by atoms with Crippen LogP contribution in [0.1, 0.15) is 52.4 Å². The highest BCUT2D eigenvalue weighted by atomic mass is 16.3. The monoisotopic (exact) mass is 280 g/mol. The topological polar surface area (TPSA) is 61.4 Å². The molecule has 2 atom stereocenters. The zero-order chi connectivity index (χ0) is 15.4. The van der Waals surface area contributed by atoms with Crippen LogP contribution < -0.4 is 10.6 Å². The van der Waals surface area contributed by atoms with Crippen LogP contribution in [-0.4, -0.2) is 29.7 Å². The highest BCUT2D eigenvalue weighted by molar-refractivity contribution is 5.81. The fourth-order valence-electron chi connectivity index (χ4n) is 1.87. The summed E-state index contributed by atoms with van der Waals surface area (Å²) in [5.74, 6) is 2.38. The van der Waals surface area contributed by atoms with E-state index in [-0.39, 0.29) is 18.5 Å². The van der Waals surface area contributed by atoms with Crippen LogP contribution >= 0.6 is 0 Å². The van der Waals surface area contributed by atoms with E-state index in [1.54, 1.807) is 0 Å². The van der Waals surface area contributed by atoms with Crippen molar-refractivity contribution in [3.05, 3.63) is 12.3 Å². The van der Waals surface area contributed by atoms with Crippen molar-refractivity contribution in [2.24, 2.45) is 0 Å². The molecule has 3 N–H and O–H groups in total. The van der Waals surface area contributed by atoms with E-state index in [2.05, 4.69) is 30.1 Å². The molecule has 0 aromatic heterocycles. The minimum atomic E-state index is -0.587. The van der Waals surface area contributed by atoms with Crippen molar-refractivity contribution in [2.45, 2.75) is 64.5 Å². The van der Waals surface area contributed by atoms with Crippen LogP contribution in [0.5, 0.6) is 0 Å². The van der Waals surface area contributed by atoms with Gasteiger partial charge in [-0.1, -0.05) is 33.3 Å². The first-order valence-corrected chi connectivity index (χ1v) is 7.38. The van der Waals surface area contributed by atoms with Gasteiger partial charge in [0.05, 0.1) is 6.10 Å². The average Bonchev–Trinajstić information content (AvgIpc) is 2.42. The summed E-state index contributed by atoms with van der Waals surface area (Å²) in [7, 11) is 0. The molecule has 4 nitrogen and oxygen atoms in total. The Hall–Kier alpha value is -1.47. The van der Waals surface area contributed by atoms with E-state index in [0.717, 1.165) is 31.4 Å². The maximum Gasteiger partial charge on any atom is 0.242 e. The zero-order valence-electron chi connectivity index (χ0n) is 12.7. The molecular weight excluding hydrogens is 252 g/mol. The van der Waals surface area contributed by atoms with Crippen molar-refractivity contribution in [1.29, 1.82) is 0 Å². The summed E-state index contributed by atoms with van der Waals surface area (Å²) in [5.41, 5.74) is 0.883. The van der Waals surface area contributed by atoms with Crippen LogP contribution in [0.2, 0.25) is 0 Å². The zero-order valence-corrected chi connectivity index (χ0v) is 12.7. The normalized spacial score (nSPS) is 13.1. The van der Waals surface area contributed by atoms with Crippen molar-refractivity contribution in [1.82, 2.24) is 10.6 Å². The standard InChI is InChI=1S/C16H28N2O2/c1-5-8-11-14(19)12-17-16(20)15(10-7-3)18-13(4)9-6-2/h1,14-15,18-19H,4,6-12H2,2-3H3,(H,17,20)/t14?,15-/m0/s1. The van der Waals surface area contributed by atoms with Gasteiger partial charge >= 0.3 is 0 Å². The number of hydrogen-bond acceptors (Lipinski definition) is 3. The number of amides is 1. The fourth-order valence-corrected chi connectivity index (χ4v) is 1.87. The van der Waals surface area contributed by atoms with Crippen molar-refractivity contribution in [2.75, 3.05) is 6.54 Å². The second kappa shape index (κ2) is 11.4. The molecule has 20 heavy (non-hydrogen) atoms. The van der Waals surface area contributed by atoms with Crippen molar-refractivity contribution in [3.63, 3.8) is 0 Å². The quantitative estimate of drug-likeness (QED) is 0.507. The smallest absolute Gasteiger partial charge is 0.242 e. The Morgan fingerprint density at radius 1 is 1.35 bits per heavy atom. The van der Waals surface area contributed by atoms with E-state index >= 15 is 0 Å². The Morgan fingerprint density at radius 3 is 2.60 bits per heavy atom. The molecule has 1 amide bonds. The van der Waals surface area contributed by atoms with E-state index in [4.69, 9.17) is 6.42 Å². The van der Waals surface area contributed by atoms with Gasteiger partial charge < -0.3 is 15.7 Å². The van der Waals surface area contributed by atoms with E-state index in [0.29, 0.717) is 12.8 Å². The third-order valence-corrected chi connectivity index (χ3v) is 2.96. The highest BCUT2D eigenvalue weighted by Crippen LogP contribution is 2.04. The van der Waals surface area contributed by atoms with E-state index in [1.165, 1.54) is 0 Å². The summed E-state index contributed by atoms with van der Waals surface area (Å²) in [6, 6.07) is -0.279. The largest absolute Gasteiger partial charge is 0.391 e. The first kappa shape index (κ1) is 18.5. The van der Waals surface area contributed by atoms with Crippen molar-refractivity contribution < 1.29 is 9.90 Å². The Labute approximate surface area is 123 Å². The molecule has 114 valence electrons. The second-order valence-electron chi connectivity index (χ2n) is 4.98. The number of carbonyl (C=O) groups is 1. The Kier molecular flexibility index (Phi) is 10.5. The maximum absolute atomic E-state index is 12.1. The van der Waals surface area contributed by atoms with Crippen LogP contribution in [0, 0.1) is 12.3 Å². The van der Waals surface area contributed by atoms with Gasteiger partial charge in [0.1, 0.15) is 6.04 Å². The second-order valence-corrected chi connectivity index (χ2v) is 4.98. The Morgan fingerprint density at radius 2 is 2.05 bits per heavy atom. The first-order valence-electron chi connectivity index (χ1n) is 7.38. The number of rotatable bonds is 11. The van der Waals surface area contributed by atoms with Crippen LogP contribution in [0.25, 0.3) is 0 Å². The molecule has 0 bridgehead atoms. The summed E-state index contributed by atoms with van der Waals surface area (Å²) in [6.45, 7) is 8.27. The minimum Gasteiger partial charge on any atom is -0.391 e. The van der Waals surface area contributed by atoms with Crippen LogP contribution in [0.3, 0.4) is 0 Å². The number of allylic oxidation sites excluding steroid dienone is 1. The van der Waals surface area contributed by atoms with Crippen molar-refractivity contribution >= 4 is 5.91 Å². The van der Waals surface area contributed by atoms with Crippen molar-refractivity contribution in [3.8, 4) is 12.3 Å². The van der Waals surface area contributed by atoms with Gasteiger partial charge in [-0.25, -0.2) is 0 Å². The predicted octanol–water partition coefficient (Wildman–Crippen LogP) is 1.95. The summed E-state index contributed by atoms with van der Waals surface area (Å²) < 4.78 is 0. The van der Waals surface area contributed by atoms with Gasteiger partial charge in [0.2, 0.25) is 5.91 Å². The lowest BCUT2D eigenvalue weighted by molar-refractivity contribution is -0.123. The average molecular weight is 280 g/mol. The molecule has 0 spiro atoms. The Balaban J connectivity index is 4.21. The third-order valence-electron chi connectivity index (χ3n) is 2.96. The molecule has 0 aliphatic rings. The van der Waals surface area contributed by atoms with Crippen LogP contribution in [0.4, 0.5) is 0 Å². The maximum atomic E-state index is 12.1. The molecule has 0 heterocycles. The van der Waals surface area contributed by atoms with Crippen LogP contribution in [-0.2, 0) is 4.79 Å². The molecule has 0 aromatic rings. The number of carbonyl (C=O) groups excluding carboxylic acids is 1. The molecule has 0 aromatic carbocycles. The SMILES string of the molecule is C#CCCC(O)CNC(=O)[C@H](CCC)NC(=C)CCC. The molecule has 0 radical (unpaired) electrons. The molecular formula is C16H28N2O2. The summed E-state index contributed by atoms with van der Waals surface area (Å²) >= 11 is 0. The van der Waals surface area contributed by atoms with E-state index in [9.17, 15) is 9.90 Å². The van der Waals surface area contributed by atoms with Gasteiger partial charge in [-0.2, -0.15) is 0 Å². The summed E-state index contributed by atoms with van der Waals surface area (Å²) in [4.78, 5) is 12.1. The molecule has 0 saturated carbocycles. The number of nitrogens with one attached hydrogen (secondary N) is 2. The van der Waals surface area contributed by atoms with Gasteiger partial charge in [-0.15, -0.1) is 12.3 Å². The molecule has 0 rings (SSSR count). The minimum absolute atomic E-state index is 0.0936. The summed E-state index contributed by atoms with van der Waals surface area (Å²) in [6.07, 6.45) is 9.08. The molecule has 0 fully saturated rings. The lowest BCUT2D eigenvalue weighted by Gasteiger charge is -2.21.